The first-order chi connectivity index (χ1) is 8.74. The summed E-state index contributed by atoms with van der Waals surface area (Å²) in [5.41, 5.74) is 0. The van der Waals surface area contributed by atoms with Crippen molar-refractivity contribution in [3.05, 3.63) is 0 Å². The smallest absolute Gasteiger partial charge is 0.242 e. The summed E-state index contributed by atoms with van der Waals surface area (Å²) in [5.74, 6) is 0.767. The Bertz CT molecular complexity index is 348. The summed E-state index contributed by atoms with van der Waals surface area (Å²) in [4.78, 5) is 27.8. The zero-order valence-electron chi connectivity index (χ0n) is 10.7. The first kappa shape index (κ1) is 12.0. The van der Waals surface area contributed by atoms with Crippen LogP contribution in [0.5, 0.6) is 0 Å². The van der Waals surface area contributed by atoms with E-state index in [4.69, 9.17) is 0 Å². The van der Waals surface area contributed by atoms with Crippen LogP contribution < -0.4 is 5.32 Å². The fourth-order valence-corrected chi connectivity index (χ4v) is 2.94. The molecule has 18 heavy (non-hydrogen) atoms. The van der Waals surface area contributed by atoms with Crippen LogP contribution in [0.15, 0.2) is 0 Å². The first-order valence-electron chi connectivity index (χ1n) is 7.02. The van der Waals surface area contributed by atoms with E-state index in [-0.39, 0.29) is 11.8 Å². The van der Waals surface area contributed by atoms with Gasteiger partial charge in [0.05, 0.1) is 6.54 Å². The van der Waals surface area contributed by atoms with E-state index >= 15 is 0 Å². The minimum atomic E-state index is 0.140. The minimum absolute atomic E-state index is 0.140. The van der Waals surface area contributed by atoms with Crippen molar-refractivity contribution in [2.75, 3.05) is 32.7 Å². The lowest BCUT2D eigenvalue weighted by Gasteiger charge is -2.34. The van der Waals surface area contributed by atoms with E-state index in [2.05, 4.69) is 5.32 Å². The molecule has 2 saturated heterocycles. The number of amides is 2. The molecule has 3 aliphatic rings. The highest BCUT2D eigenvalue weighted by molar-refractivity contribution is 5.86. The molecule has 3 fully saturated rings. The third kappa shape index (κ3) is 2.51. The minimum Gasteiger partial charge on any atom is -0.336 e. The van der Waals surface area contributed by atoms with Gasteiger partial charge in [0.25, 0.3) is 0 Å². The van der Waals surface area contributed by atoms with Crippen molar-refractivity contribution >= 4 is 11.8 Å². The summed E-state index contributed by atoms with van der Waals surface area (Å²) in [6, 6.07) is 0.480. The molecule has 5 nitrogen and oxygen atoms in total. The molecule has 0 bridgehead atoms. The Labute approximate surface area is 107 Å². The molecule has 100 valence electrons. The fraction of sp³-hybridized carbons (Fsp3) is 0.846. The Morgan fingerprint density at radius 3 is 2.72 bits per heavy atom. The van der Waals surface area contributed by atoms with Crippen LogP contribution in [0.2, 0.25) is 0 Å². The maximum absolute atomic E-state index is 12.1. The van der Waals surface area contributed by atoms with Crippen LogP contribution in [-0.2, 0) is 9.59 Å². The van der Waals surface area contributed by atoms with Crippen molar-refractivity contribution in [2.24, 2.45) is 5.92 Å². The SMILES string of the molecule is O=C(CC1CCNC1)N1CCN(C2CC2)C(=O)C1. The Morgan fingerprint density at radius 2 is 2.11 bits per heavy atom. The molecular formula is C13H21N3O2. The third-order valence-electron chi connectivity index (χ3n) is 4.22. The summed E-state index contributed by atoms with van der Waals surface area (Å²) in [6.45, 7) is 3.73. The van der Waals surface area contributed by atoms with Crippen LogP contribution in [0.1, 0.15) is 25.7 Å². The molecule has 0 aromatic heterocycles. The summed E-state index contributed by atoms with van der Waals surface area (Å²) in [7, 11) is 0. The van der Waals surface area contributed by atoms with Crippen molar-refractivity contribution in [2.45, 2.75) is 31.7 Å². The van der Waals surface area contributed by atoms with Gasteiger partial charge in [0.15, 0.2) is 0 Å². The molecule has 5 heteroatoms. The van der Waals surface area contributed by atoms with Gasteiger partial charge in [0.2, 0.25) is 11.8 Å². The molecule has 2 heterocycles. The van der Waals surface area contributed by atoms with E-state index in [0.717, 1.165) is 45.4 Å². The number of nitrogens with zero attached hydrogens (tertiary/aromatic N) is 2. The average molecular weight is 251 g/mol. The highest BCUT2D eigenvalue weighted by Crippen LogP contribution is 2.28. The normalized spacial score (nSPS) is 28.9. The van der Waals surface area contributed by atoms with Crippen molar-refractivity contribution in [1.29, 1.82) is 0 Å². The van der Waals surface area contributed by atoms with Crippen molar-refractivity contribution in [3.8, 4) is 0 Å². The standard InChI is InChI=1S/C13H21N3O2/c17-12(7-10-3-4-14-8-10)15-5-6-16(11-1-2-11)13(18)9-15/h10-11,14H,1-9H2. The summed E-state index contributed by atoms with van der Waals surface area (Å²) < 4.78 is 0. The van der Waals surface area contributed by atoms with E-state index in [1.807, 2.05) is 4.90 Å². The van der Waals surface area contributed by atoms with E-state index in [9.17, 15) is 9.59 Å². The summed E-state index contributed by atoms with van der Waals surface area (Å²) >= 11 is 0. The first-order valence-corrected chi connectivity index (χ1v) is 7.02. The molecule has 0 spiro atoms. The van der Waals surface area contributed by atoms with Gasteiger partial charge in [-0.05, 0) is 38.3 Å². The topological polar surface area (TPSA) is 52.7 Å². The van der Waals surface area contributed by atoms with E-state index in [0.29, 0.717) is 24.9 Å². The van der Waals surface area contributed by atoms with Crippen molar-refractivity contribution in [1.82, 2.24) is 15.1 Å². The second-order valence-electron chi connectivity index (χ2n) is 5.70. The number of hydrogen-bond donors (Lipinski definition) is 1. The maximum Gasteiger partial charge on any atom is 0.242 e. The molecule has 2 amide bonds. The van der Waals surface area contributed by atoms with Gasteiger partial charge in [-0.15, -0.1) is 0 Å². The quantitative estimate of drug-likeness (QED) is 0.757. The molecule has 0 aromatic rings. The average Bonchev–Trinajstić information content (AvgIpc) is 3.07. The van der Waals surface area contributed by atoms with Gasteiger partial charge in [0, 0.05) is 25.6 Å². The number of hydrogen-bond acceptors (Lipinski definition) is 3. The highest BCUT2D eigenvalue weighted by Gasteiger charge is 2.37. The lowest BCUT2D eigenvalue weighted by atomic mass is 10.0. The maximum atomic E-state index is 12.1. The van der Waals surface area contributed by atoms with Crippen LogP contribution in [-0.4, -0.2) is 60.4 Å². The summed E-state index contributed by atoms with van der Waals surface area (Å²) in [6.07, 6.45) is 3.98. The predicted octanol–water partition coefficient (Wildman–Crippen LogP) is -0.181. The molecule has 3 rings (SSSR count). The van der Waals surface area contributed by atoms with Crippen LogP contribution in [0.4, 0.5) is 0 Å². The Morgan fingerprint density at radius 1 is 1.28 bits per heavy atom. The molecule has 1 aliphatic carbocycles. The van der Waals surface area contributed by atoms with Gasteiger partial charge in [-0.1, -0.05) is 0 Å². The van der Waals surface area contributed by atoms with Crippen LogP contribution in [0.25, 0.3) is 0 Å². The molecule has 1 saturated carbocycles. The molecule has 1 N–H and O–H groups in total. The van der Waals surface area contributed by atoms with Crippen molar-refractivity contribution < 1.29 is 9.59 Å². The summed E-state index contributed by atoms with van der Waals surface area (Å²) in [5, 5.41) is 3.27. The number of nitrogens with one attached hydrogen (secondary N) is 1. The van der Waals surface area contributed by atoms with Crippen LogP contribution >= 0.6 is 0 Å². The van der Waals surface area contributed by atoms with Crippen LogP contribution in [0, 0.1) is 5.92 Å². The second kappa shape index (κ2) is 4.88. The van der Waals surface area contributed by atoms with Gasteiger partial charge in [-0.2, -0.15) is 0 Å². The van der Waals surface area contributed by atoms with Gasteiger partial charge in [0.1, 0.15) is 0 Å². The van der Waals surface area contributed by atoms with Gasteiger partial charge in [-0.3, -0.25) is 9.59 Å². The van der Waals surface area contributed by atoms with Crippen molar-refractivity contribution in [3.63, 3.8) is 0 Å². The van der Waals surface area contributed by atoms with E-state index < -0.39 is 0 Å². The van der Waals surface area contributed by atoms with E-state index in [1.54, 1.807) is 4.90 Å². The number of carbonyl (C=O) groups is 2. The molecular weight excluding hydrogens is 230 g/mol. The number of piperazine rings is 1. The predicted molar refractivity (Wildman–Crippen MR) is 66.9 cm³/mol. The lowest BCUT2D eigenvalue weighted by Crippen LogP contribution is -2.53. The Kier molecular flexibility index (Phi) is 3.24. The Balaban J connectivity index is 1.50. The van der Waals surface area contributed by atoms with E-state index in [1.165, 1.54) is 0 Å². The second-order valence-corrected chi connectivity index (χ2v) is 5.70. The molecule has 1 atom stereocenters. The zero-order chi connectivity index (χ0) is 12.5. The monoisotopic (exact) mass is 251 g/mol. The lowest BCUT2D eigenvalue weighted by molar-refractivity contribution is -0.146. The zero-order valence-corrected chi connectivity index (χ0v) is 10.7. The molecule has 0 aromatic carbocycles. The molecule has 0 radical (unpaired) electrons. The fourth-order valence-electron chi connectivity index (χ4n) is 2.94. The Hall–Kier alpha value is -1.10. The van der Waals surface area contributed by atoms with Gasteiger partial charge >= 0.3 is 0 Å². The van der Waals surface area contributed by atoms with Gasteiger partial charge < -0.3 is 15.1 Å². The number of rotatable bonds is 3. The van der Waals surface area contributed by atoms with Gasteiger partial charge in [-0.25, -0.2) is 0 Å². The molecule has 1 unspecified atom stereocenters. The highest BCUT2D eigenvalue weighted by atomic mass is 16.2. The third-order valence-corrected chi connectivity index (χ3v) is 4.22. The van der Waals surface area contributed by atoms with Crippen LogP contribution in [0.3, 0.4) is 0 Å². The number of carbonyl (C=O) groups excluding carboxylic acids is 2. The largest absolute Gasteiger partial charge is 0.336 e. The molecule has 2 aliphatic heterocycles.